The number of hydrogen-bond donors (Lipinski definition) is 1. The van der Waals surface area contributed by atoms with Gasteiger partial charge in [0.25, 0.3) is 0 Å². The lowest BCUT2D eigenvalue weighted by Crippen LogP contribution is -2.27. The number of aromatic nitrogens is 1. The first-order chi connectivity index (χ1) is 9.20. The van der Waals surface area contributed by atoms with E-state index in [1.165, 1.54) is 18.2 Å². The van der Waals surface area contributed by atoms with Crippen molar-refractivity contribution in [2.24, 2.45) is 0 Å². The summed E-state index contributed by atoms with van der Waals surface area (Å²) in [7, 11) is 0. The number of aliphatic hydroxyl groups is 1. The van der Waals surface area contributed by atoms with E-state index < -0.39 is 11.4 Å². The summed E-state index contributed by atoms with van der Waals surface area (Å²) in [5.41, 5.74) is 0.0733. The Balaban J connectivity index is 2.68. The number of rotatable bonds is 2. The van der Waals surface area contributed by atoms with Crippen molar-refractivity contribution in [1.29, 1.82) is 0 Å². The van der Waals surface area contributed by atoms with Crippen molar-refractivity contribution in [3.05, 3.63) is 62.8 Å². The normalized spacial score (nSPS) is 11.7. The van der Waals surface area contributed by atoms with Crippen molar-refractivity contribution in [3.8, 4) is 5.69 Å². The largest absolute Gasteiger partial charge is 0.386 e. The molecule has 5 heteroatoms. The zero-order valence-corrected chi connectivity index (χ0v) is 12.2. The second kappa shape index (κ2) is 5.04. The first kappa shape index (κ1) is 14.8. The lowest BCUT2D eigenvalue weighted by Gasteiger charge is -2.20. The average Bonchev–Trinajstić information content (AvgIpc) is 2.31. The maximum atomic E-state index is 13.2. The summed E-state index contributed by atoms with van der Waals surface area (Å²) in [6.45, 7) is 4.84. The molecule has 0 unspecified atom stereocenters. The number of halogens is 2. The Morgan fingerprint density at radius 2 is 1.95 bits per heavy atom. The van der Waals surface area contributed by atoms with Gasteiger partial charge < -0.3 is 9.67 Å². The summed E-state index contributed by atoms with van der Waals surface area (Å²) < 4.78 is 14.9. The summed E-state index contributed by atoms with van der Waals surface area (Å²) in [4.78, 5) is 11.9. The van der Waals surface area contributed by atoms with Gasteiger partial charge >= 0.3 is 0 Å². The highest BCUT2D eigenvalue weighted by Crippen LogP contribution is 2.22. The third kappa shape index (κ3) is 2.76. The van der Waals surface area contributed by atoms with Crippen molar-refractivity contribution >= 4 is 11.6 Å². The van der Waals surface area contributed by atoms with E-state index in [-0.39, 0.29) is 16.0 Å². The molecule has 0 atom stereocenters. The molecule has 0 fully saturated rings. The molecule has 0 bridgehead atoms. The second-order valence-corrected chi connectivity index (χ2v) is 5.63. The van der Waals surface area contributed by atoms with Crippen LogP contribution in [0.5, 0.6) is 0 Å². The molecule has 0 aliphatic rings. The molecular formula is C15H15ClFNO2. The number of aryl methyl sites for hydroxylation is 1. The number of pyridine rings is 1. The van der Waals surface area contributed by atoms with Crippen LogP contribution in [0.25, 0.3) is 5.69 Å². The smallest absolute Gasteiger partial charge is 0.187 e. The fourth-order valence-electron chi connectivity index (χ4n) is 2.00. The molecule has 0 saturated carbocycles. The topological polar surface area (TPSA) is 42.2 Å². The summed E-state index contributed by atoms with van der Waals surface area (Å²) in [5.74, 6) is -0.503. The summed E-state index contributed by atoms with van der Waals surface area (Å²) in [6, 6.07) is 5.74. The molecule has 106 valence electrons. The van der Waals surface area contributed by atoms with Crippen molar-refractivity contribution < 1.29 is 9.50 Å². The Hall–Kier alpha value is -1.65. The van der Waals surface area contributed by atoms with Crippen molar-refractivity contribution in [2.75, 3.05) is 0 Å². The molecule has 3 nitrogen and oxygen atoms in total. The van der Waals surface area contributed by atoms with Crippen LogP contribution in [0.4, 0.5) is 4.39 Å². The highest BCUT2D eigenvalue weighted by Gasteiger charge is 2.21. The third-order valence-corrected chi connectivity index (χ3v) is 3.37. The molecule has 0 amide bonds. The Morgan fingerprint density at radius 1 is 1.30 bits per heavy atom. The average molecular weight is 296 g/mol. The van der Waals surface area contributed by atoms with Gasteiger partial charge in [0.05, 0.1) is 10.6 Å². The number of nitrogens with zero attached hydrogens (tertiary/aromatic N) is 1. The lowest BCUT2D eigenvalue weighted by atomic mass is 9.99. The molecule has 2 rings (SSSR count). The molecule has 20 heavy (non-hydrogen) atoms. The van der Waals surface area contributed by atoms with E-state index in [2.05, 4.69) is 0 Å². The minimum atomic E-state index is -1.25. The van der Waals surface area contributed by atoms with Crippen molar-refractivity contribution in [3.63, 3.8) is 0 Å². The molecule has 0 aliphatic carbocycles. The molecule has 0 spiro atoms. The van der Waals surface area contributed by atoms with Gasteiger partial charge in [0.1, 0.15) is 5.82 Å². The van der Waals surface area contributed by atoms with Crippen LogP contribution in [0.15, 0.2) is 35.3 Å². The third-order valence-electron chi connectivity index (χ3n) is 3.08. The quantitative estimate of drug-likeness (QED) is 0.925. The van der Waals surface area contributed by atoms with E-state index >= 15 is 0 Å². The Bertz CT molecular complexity index is 717. The van der Waals surface area contributed by atoms with Crippen LogP contribution >= 0.6 is 11.6 Å². The molecule has 0 radical (unpaired) electrons. The van der Waals surface area contributed by atoms with E-state index in [1.54, 1.807) is 37.6 Å². The molecule has 1 heterocycles. The molecule has 0 saturated heterocycles. The molecule has 1 aromatic carbocycles. The van der Waals surface area contributed by atoms with Crippen LogP contribution in [0.3, 0.4) is 0 Å². The summed E-state index contributed by atoms with van der Waals surface area (Å²) in [5, 5.41) is 10.0. The maximum absolute atomic E-state index is 13.2. The van der Waals surface area contributed by atoms with Gasteiger partial charge in [-0.1, -0.05) is 11.6 Å². The maximum Gasteiger partial charge on any atom is 0.187 e. The summed E-state index contributed by atoms with van der Waals surface area (Å²) in [6.07, 6.45) is 1.56. The van der Waals surface area contributed by atoms with Gasteiger partial charge in [0.2, 0.25) is 0 Å². The second-order valence-electron chi connectivity index (χ2n) is 5.22. The standard InChI is InChI=1S/C15H15ClFNO2/c1-9-6-14(19)11(15(2,3)20)8-18(9)10-4-5-13(17)12(16)7-10/h4-8,20H,1-3H3. The first-order valence-electron chi connectivity index (χ1n) is 6.12. The van der Waals surface area contributed by atoms with Crippen LogP contribution in [0.1, 0.15) is 25.1 Å². The van der Waals surface area contributed by atoms with E-state index in [0.29, 0.717) is 11.4 Å². The highest BCUT2D eigenvalue weighted by atomic mass is 35.5. The Kier molecular flexibility index (Phi) is 3.71. The minimum Gasteiger partial charge on any atom is -0.386 e. The van der Waals surface area contributed by atoms with Crippen LogP contribution in [-0.4, -0.2) is 9.67 Å². The van der Waals surface area contributed by atoms with Crippen LogP contribution < -0.4 is 5.43 Å². The van der Waals surface area contributed by atoms with E-state index in [0.717, 1.165) is 0 Å². The lowest BCUT2D eigenvalue weighted by molar-refractivity contribution is 0.0769. The zero-order chi connectivity index (χ0) is 15.1. The fourth-order valence-corrected chi connectivity index (χ4v) is 2.18. The van der Waals surface area contributed by atoms with Gasteiger partial charge in [-0.3, -0.25) is 4.79 Å². The Morgan fingerprint density at radius 3 is 2.50 bits per heavy atom. The van der Waals surface area contributed by atoms with Gasteiger partial charge in [0, 0.05) is 29.2 Å². The van der Waals surface area contributed by atoms with Crippen molar-refractivity contribution in [2.45, 2.75) is 26.4 Å². The van der Waals surface area contributed by atoms with E-state index in [1.807, 2.05) is 0 Å². The van der Waals surface area contributed by atoms with Gasteiger partial charge in [-0.2, -0.15) is 0 Å². The predicted octanol–water partition coefficient (Wildman–Crippen LogP) is 3.17. The van der Waals surface area contributed by atoms with E-state index in [9.17, 15) is 14.3 Å². The van der Waals surface area contributed by atoms with Crippen LogP contribution in [0.2, 0.25) is 5.02 Å². The molecule has 1 aromatic heterocycles. The van der Waals surface area contributed by atoms with Crippen LogP contribution in [0, 0.1) is 12.7 Å². The minimum absolute atomic E-state index is 0.00501. The molecular weight excluding hydrogens is 281 g/mol. The SMILES string of the molecule is Cc1cc(=O)c(C(C)(C)O)cn1-c1ccc(F)c(Cl)c1. The molecule has 2 aromatic rings. The number of benzene rings is 1. The van der Waals surface area contributed by atoms with Gasteiger partial charge in [-0.25, -0.2) is 4.39 Å². The van der Waals surface area contributed by atoms with E-state index in [4.69, 9.17) is 11.6 Å². The molecule has 1 N–H and O–H groups in total. The fraction of sp³-hybridized carbons (Fsp3) is 0.267. The summed E-state index contributed by atoms with van der Waals surface area (Å²) >= 11 is 5.78. The van der Waals surface area contributed by atoms with Gasteiger partial charge in [-0.15, -0.1) is 0 Å². The predicted molar refractivity (Wildman–Crippen MR) is 77.0 cm³/mol. The van der Waals surface area contributed by atoms with Gasteiger partial charge in [-0.05, 0) is 39.0 Å². The van der Waals surface area contributed by atoms with Crippen molar-refractivity contribution in [1.82, 2.24) is 4.57 Å². The first-order valence-corrected chi connectivity index (χ1v) is 6.49. The zero-order valence-electron chi connectivity index (χ0n) is 11.4. The van der Waals surface area contributed by atoms with Crippen LogP contribution in [-0.2, 0) is 5.60 Å². The number of hydrogen-bond acceptors (Lipinski definition) is 2. The Labute approximate surface area is 121 Å². The highest BCUT2D eigenvalue weighted by molar-refractivity contribution is 6.30. The monoisotopic (exact) mass is 295 g/mol. The van der Waals surface area contributed by atoms with Gasteiger partial charge in [0.15, 0.2) is 5.43 Å². The molecule has 0 aliphatic heterocycles.